The lowest BCUT2D eigenvalue weighted by atomic mass is 9.87. The molecule has 1 aromatic rings. The lowest BCUT2D eigenvalue weighted by molar-refractivity contribution is -0.148. The summed E-state index contributed by atoms with van der Waals surface area (Å²) in [5.41, 5.74) is 1.28. The first kappa shape index (κ1) is 16.3. The molecule has 1 aliphatic heterocycles. The SMILES string of the molecule is COC(=O)[C@@H]1CCN(C(=O)N[C@H]2CCCc3sccc32)C[C@@H]1C. The number of fused-ring (bicyclic) bond motifs is 1. The van der Waals surface area contributed by atoms with Crippen molar-refractivity contribution in [3.05, 3.63) is 21.9 Å². The van der Waals surface area contributed by atoms with Crippen molar-refractivity contribution >= 4 is 23.3 Å². The van der Waals surface area contributed by atoms with Crippen LogP contribution >= 0.6 is 11.3 Å². The topological polar surface area (TPSA) is 58.6 Å². The third-order valence-electron chi connectivity index (χ3n) is 5.05. The second-order valence-corrected chi connectivity index (χ2v) is 7.54. The second kappa shape index (κ2) is 6.91. The molecule has 0 spiro atoms. The number of aryl methyl sites for hydroxylation is 1. The zero-order valence-electron chi connectivity index (χ0n) is 13.7. The van der Waals surface area contributed by atoms with Gasteiger partial charge in [-0.1, -0.05) is 6.92 Å². The van der Waals surface area contributed by atoms with Crippen LogP contribution in [0.2, 0.25) is 0 Å². The molecule has 2 heterocycles. The molecular formula is C17H24N2O3S. The molecule has 6 heteroatoms. The van der Waals surface area contributed by atoms with Crippen LogP contribution in [-0.4, -0.2) is 37.1 Å². The van der Waals surface area contributed by atoms with Gasteiger partial charge in [-0.2, -0.15) is 0 Å². The van der Waals surface area contributed by atoms with Gasteiger partial charge in [0.1, 0.15) is 0 Å². The molecule has 1 saturated heterocycles. The first-order valence-corrected chi connectivity index (χ1v) is 9.17. The second-order valence-electron chi connectivity index (χ2n) is 6.54. The van der Waals surface area contributed by atoms with Crippen LogP contribution in [-0.2, 0) is 16.0 Å². The minimum absolute atomic E-state index is 0.00999. The average molecular weight is 336 g/mol. The molecule has 0 unspecified atom stereocenters. The van der Waals surface area contributed by atoms with E-state index < -0.39 is 0 Å². The van der Waals surface area contributed by atoms with Crippen LogP contribution in [0.1, 0.15) is 42.7 Å². The normalized spacial score (nSPS) is 27.2. The number of methoxy groups -OCH3 is 1. The largest absolute Gasteiger partial charge is 0.469 e. The first-order chi connectivity index (χ1) is 11.1. The van der Waals surface area contributed by atoms with Gasteiger partial charge in [0.15, 0.2) is 0 Å². The number of piperidine rings is 1. The third kappa shape index (κ3) is 3.37. The quantitative estimate of drug-likeness (QED) is 0.845. The van der Waals surface area contributed by atoms with Gasteiger partial charge in [0.05, 0.1) is 19.1 Å². The number of nitrogens with zero attached hydrogens (tertiary/aromatic N) is 1. The van der Waals surface area contributed by atoms with Crippen LogP contribution in [0.15, 0.2) is 11.4 Å². The van der Waals surface area contributed by atoms with Crippen LogP contribution in [0, 0.1) is 11.8 Å². The molecule has 126 valence electrons. The molecule has 3 atom stereocenters. The van der Waals surface area contributed by atoms with Crippen molar-refractivity contribution in [3.63, 3.8) is 0 Å². The molecule has 0 radical (unpaired) electrons. The van der Waals surface area contributed by atoms with Gasteiger partial charge in [-0.15, -0.1) is 11.3 Å². The summed E-state index contributed by atoms with van der Waals surface area (Å²) in [7, 11) is 1.43. The van der Waals surface area contributed by atoms with Crippen molar-refractivity contribution in [1.82, 2.24) is 10.2 Å². The Hall–Kier alpha value is -1.56. The Kier molecular flexibility index (Phi) is 4.90. The minimum atomic E-state index is -0.159. The fourth-order valence-electron chi connectivity index (χ4n) is 3.71. The maximum Gasteiger partial charge on any atom is 0.317 e. The number of thiophene rings is 1. The van der Waals surface area contributed by atoms with Gasteiger partial charge in [0.2, 0.25) is 0 Å². The van der Waals surface area contributed by atoms with E-state index in [0.717, 1.165) is 19.3 Å². The molecule has 0 aromatic carbocycles. The molecule has 0 bridgehead atoms. The number of carbonyl (C=O) groups is 2. The lowest BCUT2D eigenvalue weighted by Crippen LogP contribution is -2.49. The Morgan fingerprint density at radius 1 is 1.39 bits per heavy atom. The van der Waals surface area contributed by atoms with Gasteiger partial charge in [0, 0.05) is 18.0 Å². The van der Waals surface area contributed by atoms with Crippen LogP contribution in [0.3, 0.4) is 0 Å². The highest BCUT2D eigenvalue weighted by Crippen LogP contribution is 2.33. The molecule has 1 N–H and O–H groups in total. The summed E-state index contributed by atoms with van der Waals surface area (Å²) in [6.07, 6.45) is 3.93. The van der Waals surface area contributed by atoms with Crippen LogP contribution in [0.25, 0.3) is 0 Å². The third-order valence-corrected chi connectivity index (χ3v) is 6.04. The van der Waals surface area contributed by atoms with Gasteiger partial charge >= 0.3 is 12.0 Å². The maximum absolute atomic E-state index is 12.6. The molecule has 1 aliphatic carbocycles. The first-order valence-electron chi connectivity index (χ1n) is 8.29. The van der Waals surface area contributed by atoms with E-state index in [0.29, 0.717) is 19.5 Å². The number of nitrogens with one attached hydrogen (secondary N) is 1. The van der Waals surface area contributed by atoms with Crippen molar-refractivity contribution in [3.8, 4) is 0 Å². The molecular weight excluding hydrogens is 312 g/mol. The van der Waals surface area contributed by atoms with Crippen molar-refractivity contribution in [1.29, 1.82) is 0 Å². The number of hydrogen-bond donors (Lipinski definition) is 1. The van der Waals surface area contributed by atoms with Gasteiger partial charge in [-0.05, 0) is 48.6 Å². The molecule has 23 heavy (non-hydrogen) atoms. The molecule has 0 saturated carbocycles. The summed E-state index contributed by atoms with van der Waals surface area (Å²) in [6, 6.07) is 2.26. The highest BCUT2D eigenvalue weighted by molar-refractivity contribution is 7.10. The lowest BCUT2D eigenvalue weighted by Gasteiger charge is -2.36. The predicted molar refractivity (Wildman–Crippen MR) is 89.4 cm³/mol. The Balaban J connectivity index is 1.59. The van der Waals surface area contributed by atoms with E-state index in [4.69, 9.17) is 4.74 Å². The zero-order valence-corrected chi connectivity index (χ0v) is 14.5. The molecule has 1 aromatic heterocycles. The van der Waals surface area contributed by atoms with E-state index in [1.54, 1.807) is 11.3 Å². The Labute approximate surface area is 141 Å². The maximum atomic E-state index is 12.6. The van der Waals surface area contributed by atoms with Gasteiger partial charge in [0.25, 0.3) is 0 Å². The summed E-state index contributed by atoms with van der Waals surface area (Å²) in [5.74, 6) is -0.125. The summed E-state index contributed by atoms with van der Waals surface area (Å²) in [4.78, 5) is 27.6. The van der Waals surface area contributed by atoms with E-state index in [2.05, 4.69) is 16.8 Å². The Morgan fingerprint density at radius 3 is 2.96 bits per heavy atom. The van der Waals surface area contributed by atoms with Crippen molar-refractivity contribution in [2.75, 3.05) is 20.2 Å². The number of likely N-dealkylation sites (tertiary alicyclic amines) is 1. The molecule has 3 rings (SSSR count). The average Bonchev–Trinajstić information content (AvgIpc) is 3.03. The number of rotatable bonds is 2. The predicted octanol–water partition coefficient (Wildman–Crippen LogP) is 2.97. The number of urea groups is 1. The highest BCUT2D eigenvalue weighted by atomic mass is 32.1. The van der Waals surface area contributed by atoms with Gasteiger partial charge in [-0.25, -0.2) is 4.79 Å². The number of esters is 1. The highest BCUT2D eigenvalue weighted by Gasteiger charge is 2.34. The van der Waals surface area contributed by atoms with Crippen molar-refractivity contribution in [2.24, 2.45) is 11.8 Å². The zero-order chi connectivity index (χ0) is 16.4. The molecule has 1 fully saturated rings. The summed E-state index contributed by atoms with van der Waals surface area (Å²) in [5, 5.41) is 5.30. The van der Waals surface area contributed by atoms with Gasteiger partial charge in [-0.3, -0.25) is 4.79 Å². The number of ether oxygens (including phenoxy) is 1. The number of amides is 2. The van der Waals surface area contributed by atoms with E-state index >= 15 is 0 Å². The standard InChI is InChI=1S/C17H24N2O3S/c1-11-10-19(8-6-12(11)16(20)22-2)17(21)18-14-4-3-5-15-13(14)7-9-23-15/h7,9,11-12,14H,3-6,8,10H2,1-2H3,(H,18,21)/t11-,12+,14-/m0/s1. The van der Waals surface area contributed by atoms with E-state index in [-0.39, 0.29) is 29.9 Å². The van der Waals surface area contributed by atoms with E-state index in [9.17, 15) is 9.59 Å². The summed E-state index contributed by atoms with van der Waals surface area (Å²) < 4.78 is 4.85. The van der Waals surface area contributed by atoms with E-state index in [1.165, 1.54) is 17.6 Å². The fraction of sp³-hybridized carbons (Fsp3) is 0.647. The Morgan fingerprint density at radius 2 is 2.22 bits per heavy atom. The van der Waals surface area contributed by atoms with E-state index in [1.807, 2.05) is 11.8 Å². The number of hydrogen-bond acceptors (Lipinski definition) is 4. The summed E-state index contributed by atoms with van der Waals surface area (Å²) >= 11 is 1.78. The van der Waals surface area contributed by atoms with Crippen LogP contribution in [0.4, 0.5) is 4.79 Å². The number of carbonyl (C=O) groups excluding carboxylic acids is 2. The van der Waals surface area contributed by atoms with Crippen molar-refractivity contribution in [2.45, 2.75) is 38.6 Å². The molecule has 2 aliphatic rings. The molecule has 5 nitrogen and oxygen atoms in total. The minimum Gasteiger partial charge on any atom is -0.469 e. The van der Waals surface area contributed by atoms with Crippen LogP contribution < -0.4 is 5.32 Å². The van der Waals surface area contributed by atoms with Gasteiger partial charge < -0.3 is 15.0 Å². The Bertz CT molecular complexity index is 586. The molecule has 2 amide bonds. The fourth-order valence-corrected chi connectivity index (χ4v) is 4.70. The summed E-state index contributed by atoms with van der Waals surface area (Å²) in [6.45, 7) is 3.23. The smallest absolute Gasteiger partial charge is 0.317 e. The van der Waals surface area contributed by atoms with Crippen molar-refractivity contribution < 1.29 is 14.3 Å². The van der Waals surface area contributed by atoms with Crippen LogP contribution in [0.5, 0.6) is 0 Å². The monoisotopic (exact) mass is 336 g/mol.